The van der Waals surface area contributed by atoms with Crippen molar-refractivity contribution in [2.45, 2.75) is 31.8 Å². The first-order valence-corrected chi connectivity index (χ1v) is 10.4. The molecule has 1 N–H and O–H groups in total. The number of rotatable bonds is 4. The molecule has 31 heavy (non-hydrogen) atoms. The number of hydrogen-bond donors (Lipinski definition) is 1. The summed E-state index contributed by atoms with van der Waals surface area (Å²) in [7, 11) is 0. The van der Waals surface area contributed by atoms with E-state index in [1.165, 1.54) is 12.1 Å². The number of amides is 2. The van der Waals surface area contributed by atoms with Crippen LogP contribution in [0.4, 0.5) is 5.69 Å². The molecular formula is C23H22N4O4. The van der Waals surface area contributed by atoms with E-state index < -0.39 is 17.0 Å². The van der Waals surface area contributed by atoms with E-state index in [0.717, 1.165) is 34.1 Å². The number of nitro benzene ring substituents is 1. The fourth-order valence-corrected chi connectivity index (χ4v) is 4.91. The fraction of sp³-hybridized carbons (Fsp3) is 0.304. The summed E-state index contributed by atoms with van der Waals surface area (Å²) < 4.78 is 0. The molecule has 3 aromatic rings. The van der Waals surface area contributed by atoms with Gasteiger partial charge in [0.1, 0.15) is 6.04 Å². The molecule has 0 unspecified atom stereocenters. The molecule has 158 valence electrons. The van der Waals surface area contributed by atoms with Crippen LogP contribution in [0.25, 0.3) is 10.9 Å². The van der Waals surface area contributed by atoms with Gasteiger partial charge in [0.25, 0.3) is 5.69 Å². The van der Waals surface area contributed by atoms with Gasteiger partial charge in [0.15, 0.2) is 0 Å². The molecule has 0 bridgehead atoms. The van der Waals surface area contributed by atoms with E-state index in [-0.39, 0.29) is 24.0 Å². The number of benzene rings is 2. The van der Waals surface area contributed by atoms with Gasteiger partial charge in [-0.1, -0.05) is 25.1 Å². The number of H-pyrrole nitrogens is 1. The predicted molar refractivity (Wildman–Crippen MR) is 114 cm³/mol. The van der Waals surface area contributed by atoms with Crippen molar-refractivity contribution >= 4 is 28.4 Å². The molecule has 0 aliphatic carbocycles. The second-order valence-corrected chi connectivity index (χ2v) is 8.09. The summed E-state index contributed by atoms with van der Waals surface area (Å²) in [5.41, 5.74) is 3.58. The number of piperazine rings is 1. The molecule has 5 rings (SSSR count). The first-order chi connectivity index (χ1) is 15.0. The maximum atomic E-state index is 13.3. The molecule has 8 heteroatoms. The second-order valence-electron chi connectivity index (χ2n) is 8.09. The van der Waals surface area contributed by atoms with Crippen LogP contribution >= 0.6 is 0 Å². The Morgan fingerprint density at radius 3 is 2.58 bits per heavy atom. The zero-order chi connectivity index (χ0) is 21.7. The van der Waals surface area contributed by atoms with Crippen LogP contribution in [0.5, 0.6) is 0 Å². The largest absolute Gasteiger partial charge is 0.356 e. The minimum atomic E-state index is -0.584. The number of nitro groups is 1. The number of aromatic amines is 1. The van der Waals surface area contributed by atoms with Gasteiger partial charge in [0.05, 0.1) is 17.5 Å². The highest BCUT2D eigenvalue weighted by Crippen LogP contribution is 2.42. The van der Waals surface area contributed by atoms with Crippen molar-refractivity contribution in [3.63, 3.8) is 0 Å². The molecule has 0 radical (unpaired) electrons. The fourth-order valence-electron chi connectivity index (χ4n) is 4.91. The van der Waals surface area contributed by atoms with Crippen LogP contribution in [-0.2, 0) is 16.0 Å². The molecule has 3 heterocycles. The third-order valence-corrected chi connectivity index (χ3v) is 6.26. The van der Waals surface area contributed by atoms with Gasteiger partial charge in [-0.2, -0.15) is 0 Å². The molecule has 1 aromatic heterocycles. The van der Waals surface area contributed by atoms with Gasteiger partial charge < -0.3 is 14.8 Å². The molecule has 2 amide bonds. The minimum absolute atomic E-state index is 0.0110. The van der Waals surface area contributed by atoms with Crippen LogP contribution in [0.1, 0.15) is 36.2 Å². The van der Waals surface area contributed by atoms with Crippen LogP contribution < -0.4 is 0 Å². The Kier molecular flexibility index (Phi) is 4.50. The van der Waals surface area contributed by atoms with Crippen molar-refractivity contribution in [1.29, 1.82) is 0 Å². The van der Waals surface area contributed by atoms with Crippen molar-refractivity contribution in [2.24, 2.45) is 0 Å². The average Bonchev–Trinajstić information content (AvgIpc) is 3.14. The van der Waals surface area contributed by atoms with E-state index in [1.54, 1.807) is 21.9 Å². The predicted octanol–water partition coefficient (Wildman–Crippen LogP) is 3.17. The Morgan fingerprint density at radius 1 is 1.13 bits per heavy atom. The van der Waals surface area contributed by atoms with Gasteiger partial charge in [0.2, 0.25) is 11.8 Å². The minimum Gasteiger partial charge on any atom is -0.356 e. The molecule has 1 saturated heterocycles. The Labute approximate surface area is 178 Å². The summed E-state index contributed by atoms with van der Waals surface area (Å²) in [6.07, 6.45) is 1.24. The number of non-ortho nitro benzene ring substituents is 1. The monoisotopic (exact) mass is 418 g/mol. The average molecular weight is 418 g/mol. The highest BCUT2D eigenvalue weighted by atomic mass is 16.6. The van der Waals surface area contributed by atoms with Gasteiger partial charge in [0, 0.05) is 41.7 Å². The topological polar surface area (TPSA) is 99.5 Å². The lowest BCUT2D eigenvalue weighted by Gasteiger charge is -2.47. The lowest BCUT2D eigenvalue weighted by Crippen LogP contribution is -2.63. The first-order valence-electron chi connectivity index (χ1n) is 10.4. The van der Waals surface area contributed by atoms with Crippen molar-refractivity contribution in [2.75, 3.05) is 13.1 Å². The number of nitrogens with zero attached hydrogens (tertiary/aromatic N) is 3. The van der Waals surface area contributed by atoms with E-state index in [2.05, 4.69) is 4.98 Å². The highest BCUT2D eigenvalue weighted by molar-refractivity contribution is 5.97. The number of nitrogens with one attached hydrogen (secondary N) is 1. The summed E-state index contributed by atoms with van der Waals surface area (Å²) in [5.74, 6) is -0.144. The van der Waals surface area contributed by atoms with E-state index >= 15 is 0 Å². The highest BCUT2D eigenvalue weighted by Gasteiger charge is 2.48. The quantitative estimate of drug-likeness (QED) is 0.520. The zero-order valence-electron chi connectivity index (χ0n) is 17.1. The number of carbonyl (C=O) groups excluding carboxylic acids is 2. The third kappa shape index (κ3) is 2.98. The van der Waals surface area contributed by atoms with Gasteiger partial charge in [-0.05, 0) is 35.7 Å². The van der Waals surface area contributed by atoms with Crippen LogP contribution in [0.3, 0.4) is 0 Å². The van der Waals surface area contributed by atoms with Crippen LogP contribution in [0.2, 0.25) is 0 Å². The van der Waals surface area contributed by atoms with Crippen molar-refractivity contribution in [1.82, 2.24) is 14.8 Å². The second kappa shape index (κ2) is 7.23. The summed E-state index contributed by atoms with van der Waals surface area (Å²) in [4.78, 5) is 44.0. The number of aromatic nitrogens is 1. The number of fused-ring (bicyclic) bond motifs is 4. The van der Waals surface area contributed by atoms with E-state index in [1.807, 2.05) is 31.2 Å². The molecule has 2 aliphatic rings. The van der Waals surface area contributed by atoms with Gasteiger partial charge in [-0.25, -0.2) is 0 Å². The Morgan fingerprint density at radius 2 is 1.87 bits per heavy atom. The Balaban J connectivity index is 1.68. The lowest BCUT2D eigenvalue weighted by molar-refractivity contribution is -0.384. The number of hydrogen-bond acceptors (Lipinski definition) is 4. The van der Waals surface area contributed by atoms with Gasteiger partial charge in [-0.15, -0.1) is 0 Å². The molecule has 1 fully saturated rings. The van der Waals surface area contributed by atoms with E-state index in [0.29, 0.717) is 13.0 Å². The molecule has 0 spiro atoms. The summed E-state index contributed by atoms with van der Waals surface area (Å²) >= 11 is 0. The van der Waals surface area contributed by atoms with Crippen molar-refractivity contribution in [3.05, 3.63) is 75.5 Å². The normalized spacial score (nSPS) is 20.7. The van der Waals surface area contributed by atoms with E-state index in [9.17, 15) is 19.7 Å². The zero-order valence-corrected chi connectivity index (χ0v) is 17.1. The third-order valence-electron chi connectivity index (χ3n) is 6.26. The summed E-state index contributed by atoms with van der Waals surface area (Å²) in [5, 5.41) is 12.1. The molecule has 2 aliphatic heterocycles. The van der Waals surface area contributed by atoms with Crippen molar-refractivity contribution < 1.29 is 14.5 Å². The summed E-state index contributed by atoms with van der Waals surface area (Å²) in [6.45, 7) is 2.60. The van der Waals surface area contributed by atoms with Crippen molar-refractivity contribution in [3.8, 4) is 0 Å². The molecule has 8 nitrogen and oxygen atoms in total. The van der Waals surface area contributed by atoms with Gasteiger partial charge in [-0.3, -0.25) is 19.7 Å². The van der Waals surface area contributed by atoms with Crippen LogP contribution in [-0.4, -0.2) is 50.7 Å². The maximum absolute atomic E-state index is 13.3. The SMILES string of the molecule is CCCN1CC(=O)N2[C@@H](c3ccc([N+](=O)[O-])cc3)c3[nH]c4ccccc4c3C[C@H]2C1=O. The standard InChI is InChI=1S/C23H22N4O4/c1-2-11-25-13-20(28)26-19(23(25)29)12-17-16-5-3-4-6-18(16)24-21(17)22(26)14-7-9-15(10-8-14)27(30)31/h3-10,19,22,24H,2,11-13H2,1H3/t19-,22-/m0/s1. The van der Waals surface area contributed by atoms with E-state index in [4.69, 9.17) is 0 Å². The maximum Gasteiger partial charge on any atom is 0.269 e. The smallest absolute Gasteiger partial charge is 0.269 e. The summed E-state index contributed by atoms with van der Waals surface area (Å²) in [6, 6.07) is 13.1. The van der Waals surface area contributed by atoms with Gasteiger partial charge >= 0.3 is 0 Å². The molecule has 0 saturated carbocycles. The lowest BCUT2D eigenvalue weighted by atomic mass is 9.86. The molecular weight excluding hydrogens is 396 g/mol. The number of carbonyl (C=O) groups is 2. The van der Waals surface area contributed by atoms with Crippen LogP contribution in [0, 0.1) is 10.1 Å². The Hall–Kier alpha value is -3.68. The Bertz CT molecular complexity index is 1200. The molecule has 2 aromatic carbocycles. The molecule has 2 atom stereocenters. The number of para-hydroxylation sites is 1. The first kappa shape index (κ1) is 19.3. The van der Waals surface area contributed by atoms with Crippen LogP contribution in [0.15, 0.2) is 48.5 Å².